The van der Waals surface area contributed by atoms with E-state index in [2.05, 4.69) is 20.1 Å². The largest absolute Gasteiger partial charge is 0.462 e. The molecule has 5 nitrogen and oxygen atoms in total. The third-order valence-electron chi connectivity index (χ3n) is 3.64. The van der Waals surface area contributed by atoms with Gasteiger partial charge in [-0.2, -0.15) is 0 Å². The Morgan fingerprint density at radius 1 is 0.840 bits per heavy atom. The molecule has 1 unspecified atom stereocenters. The van der Waals surface area contributed by atoms with Crippen LogP contribution in [-0.4, -0.2) is 38.4 Å². The van der Waals surface area contributed by atoms with E-state index in [4.69, 9.17) is 14.2 Å². The zero-order valence-electron chi connectivity index (χ0n) is 16.7. The van der Waals surface area contributed by atoms with E-state index in [1.54, 1.807) is 13.8 Å². The first-order valence-corrected chi connectivity index (χ1v) is 8.65. The summed E-state index contributed by atoms with van der Waals surface area (Å²) in [5.74, 6) is -0.773. The van der Waals surface area contributed by atoms with Crippen LogP contribution in [0.3, 0.4) is 0 Å². The third kappa shape index (κ3) is 10.1. The molecule has 0 aliphatic rings. The molecule has 0 rings (SSSR count). The maximum atomic E-state index is 11.6. The van der Waals surface area contributed by atoms with Crippen LogP contribution in [0.5, 0.6) is 0 Å². The van der Waals surface area contributed by atoms with Crippen molar-refractivity contribution in [2.24, 2.45) is 10.8 Å². The average molecular weight is 354 g/mol. The first-order chi connectivity index (χ1) is 11.4. The van der Waals surface area contributed by atoms with E-state index in [1.807, 2.05) is 20.8 Å². The zero-order valence-corrected chi connectivity index (χ0v) is 16.7. The summed E-state index contributed by atoms with van der Waals surface area (Å²) in [7, 11) is 0. The van der Waals surface area contributed by atoms with Crippen molar-refractivity contribution in [2.75, 3.05) is 26.4 Å². The van der Waals surface area contributed by atoms with E-state index >= 15 is 0 Å². The smallest absolute Gasteiger partial charge is 0.333 e. The van der Waals surface area contributed by atoms with Gasteiger partial charge >= 0.3 is 11.9 Å². The van der Waals surface area contributed by atoms with Crippen LogP contribution < -0.4 is 0 Å². The Balaban J connectivity index is 4.49. The van der Waals surface area contributed by atoms with Crippen molar-refractivity contribution < 1.29 is 23.8 Å². The molecule has 0 heterocycles. The Bertz CT molecular complexity index is 492. The van der Waals surface area contributed by atoms with Gasteiger partial charge in [0.2, 0.25) is 0 Å². The molecule has 25 heavy (non-hydrogen) atoms. The van der Waals surface area contributed by atoms with Gasteiger partial charge in [-0.15, -0.1) is 0 Å². The molecular formula is C20H34O5. The van der Waals surface area contributed by atoms with Gasteiger partial charge in [-0.25, -0.2) is 9.59 Å². The molecule has 0 aromatic rings. The summed E-state index contributed by atoms with van der Waals surface area (Å²) in [5, 5.41) is 0. The van der Waals surface area contributed by atoms with Crippen molar-refractivity contribution in [3.8, 4) is 0 Å². The van der Waals surface area contributed by atoms with Gasteiger partial charge in [0, 0.05) is 22.0 Å². The standard InChI is InChI=1S/C20H34O5/c1-9-10-20(8,14-25-18(22)16(4)5)13-23-11-19(6,7)12-24-17(21)15(2)3/h2,4,9-14H2,1,3,5-8H3. The molecule has 0 amide bonds. The molecule has 0 aliphatic carbocycles. The second-order valence-electron chi connectivity index (χ2n) is 7.93. The number of rotatable bonds is 12. The van der Waals surface area contributed by atoms with E-state index in [9.17, 15) is 9.59 Å². The quantitative estimate of drug-likeness (QED) is 0.390. The first-order valence-electron chi connectivity index (χ1n) is 8.65. The number of carbonyl (C=O) groups excluding carboxylic acids is 2. The fourth-order valence-electron chi connectivity index (χ4n) is 2.15. The van der Waals surface area contributed by atoms with Crippen LogP contribution in [0.15, 0.2) is 24.3 Å². The molecule has 0 radical (unpaired) electrons. The fraction of sp³-hybridized carbons (Fsp3) is 0.700. The summed E-state index contributed by atoms with van der Waals surface area (Å²) in [6.07, 6.45) is 1.84. The lowest BCUT2D eigenvalue weighted by molar-refractivity contribution is -0.145. The van der Waals surface area contributed by atoms with Gasteiger partial charge in [-0.1, -0.05) is 47.3 Å². The first kappa shape index (κ1) is 23.4. The number of esters is 2. The highest BCUT2D eigenvalue weighted by atomic mass is 16.5. The lowest BCUT2D eigenvalue weighted by atomic mass is 9.87. The van der Waals surface area contributed by atoms with Gasteiger partial charge < -0.3 is 14.2 Å². The lowest BCUT2D eigenvalue weighted by Crippen LogP contribution is -2.34. The normalized spacial score (nSPS) is 13.7. The molecule has 0 aromatic carbocycles. The molecule has 0 saturated carbocycles. The zero-order chi connectivity index (χ0) is 19.7. The summed E-state index contributed by atoms with van der Waals surface area (Å²) in [6, 6.07) is 0. The highest BCUT2D eigenvalue weighted by Crippen LogP contribution is 2.26. The minimum atomic E-state index is -0.393. The molecule has 144 valence electrons. The van der Waals surface area contributed by atoms with Crippen LogP contribution in [0.1, 0.15) is 54.4 Å². The van der Waals surface area contributed by atoms with Crippen LogP contribution in [0.25, 0.3) is 0 Å². The average Bonchev–Trinajstić information content (AvgIpc) is 2.50. The SMILES string of the molecule is C=C(C)C(=O)OCC(C)(C)COCC(C)(CCC)COC(=O)C(=C)C. The number of carbonyl (C=O) groups is 2. The van der Waals surface area contributed by atoms with Crippen molar-refractivity contribution in [2.45, 2.75) is 54.4 Å². The van der Waals surface area contributed by atoms with Crippen LogP contribution in [-0.2, 0) is 23.8 Å². The van der Waals surface area contributed by atoms with Crippen molar-refractivity contribution in [3.05, 3.63) is 24.3 Å². The predicted molar refractivity (Wildman–Crippen MR) is 99.2 cm³/mol. The van der Waals surface area contributed by atoms with Crippen molar-refractivity contribution >= 4 is 11.9 Å². The molecule has 0 saturated heterocycles. The highest BCUT2D eigenvalue weighted by molar-refractivity contribution is 5.87. The second kappa shape index (κ2) is 10.4. The molecule has 0 aromatic heterocycles. The monoisotopic (exact) mass is 354 g/mol. The van der Waals surface area contributed by atoms with Crippen LogP contribution >= 0.6 is 0 Å². The van der Waals surface area contributed by atoms with Gasteiger partial charge in [-0.3, -0.25) is 0 Å². The lowest BCUT2D eigenvalue weighted by Gasteiger charge is -2.31. The summed E-state index contributed by atoms with van der Waals surface area (Å²) in [4.78, 5) is 23.1. The van der Waals surface area contributed by atoms with Gasteiger partial charge in [0.25, 0.3) is 0 Å². The molecule has 0 spiro atoms. The molecule has 5 heteroatoms. The number of hydrogen-bond acceptors (Lipinski definition) is 5. The maximum Gasteiger partial charge on any atom is 0.333 e. The Morgan fingerprint density at radius 2 is 1.32 bits per heavy atom. The predicted octanol–water partition coefficient (Wildman–Crippen LogP) is 4.07. The summed E-state index contributed by atoms with van der Waals surface area (Å²) >= 11 is 0. The van der Waals surface area contributed by atoms with Gasteiger partial charge in [0.15, 0.2) is 0 Å². The Labute approximate surface area is 152 Å². The van der Waals surface area contributed by atoms with Crippen molar-refractivity contribution in [1.29, 1.82) is 0 Å². The molecule has 0 N–H and O–H groups in total. The minimum absolute atomic E-state index is 0.258. The molecule has 0 fully saturated rings. The summed E-state index contributed by atoms with van der Waals surface area (Å²) in [6.45, 7) is 19.9. The fourth-order valence-corrected chi connectivity index (χ4v) is 2.15. The second-order valence-corrected chi connectivity index (χ2v) is 7.93. The third-order valence-corrected chi connectivity index (χ3v) is 3.64. The van der Waals surface area contributed by atoms with Crippen molar-refractivity contribution in [1.82, 2.24) is 0 Å². The van der Waals surface area contributed by atoms with Crippen molar-refractivity contribution in [3.63, 3.8) is 0 Å². The summed E-state index contributed by atoms with van der Waals surface area (Å²) < 4.78 is 16.4. The number of hydrogen-bond donors (Lipinski definition) is 0. The summed E-state index contributed by atoms with van der Waals surface area (Å²) in [5.41, 5.74) is 0.198. The minimum Gasteiger partial charge on any atom is -0.462 e. The topological polar surface area (TPSA) is 61.8 Å². The van der Waals surface area contributed by atoms with E-state index in [-0.39, 0.29) is 30.0 Å². The molecule has 0 bridgehead atoms. The highest BCUT2D eigenvalue weighted by Gasteiger charge is 2.28. The van der Waals surface area contributed by atoms with Crippen LogP contribution in [0.4, 0.5) is 0 Å². The molecule has 1 atom stereocenters. The van der Waals surface area contributed by atoms with E-state index < -0.39 is 5.97 Å². The molecule has 0 aliphatic heterocycles. The Hall–Kier alpha value is -1.62. The van der Waals surface area contributed by atoms with E-state index in [0.29, 0.717) is 24.4 Å². The Morgan fingerprint density at radius 3 is 1.76 bits per heavy atom. The van der Waals surface area contributed by atoms with Crippen LogP contribution in [0, 0.1) is 10.8 Å². The molecular weight excluding hydrogens is 320 g/mol. The van der Waals surface area contributed by atoms with Gasteiger partial charge in [-0.05, 0) is 20.3 Å². The van der Waals surface area contributed by atoms with Crippen LogP contribution in [0.2, 0.25) is 0 Å². The van der Waals surface area contributed by atoms with E-state index in [1.165, 1.54) is 0 Å². The van der Waals surface area contributed by atoms with Gasteiger partial charge in [0.05, 0.1) is 26.4 Å². The Kier molecular flexibility index (Phi) is 9.72. The number of ether oxygens (including phenoxy) is 3. The van der Waals surface area contributed by atoms with E-state index in [0.717, 1.165) is 12.8 Å². The van der Waals surface area contributed by atoms with Gasteiger partial charge in [0.1, 0.15) is 0 Å². The maximum absolute atomic E-state index is 11.6.